The molecule has 94 valence electrons. The van der Waals surface area contributed by atoms with Crippen LogP contribution in [-0.2, 0) is 6.42 Å². The third kappa shape index (κ3) is 2.36. The number of aromatic hydroxyl groups is 1. The second kappa shape index (κ2) is 4.78. The highest BCUT2D eigenvalue weighted by molar-refractivity contribution is 5.55. The lowest BCUT2D eigenvalue weighted by Crippen LogP contribution is -2.10. The summed E-state index contributed by atoms with van der Waals surface area (Å²) in [5, 5.41) is 16.5. The van der Waals surface area contributed by atoms with Gasteiger partial charge in [0.15, 0.2) is 0 Å². The summed E-state index contributed by atoms with van der Waals surface area (Å²) in [6, 6.07) is 6.79. The number of rotatable bonds is 3. The number of nitrogens with one attached hydrogen (secondary N) is 1. The fourth-order valence-corrected chi connectivity index (χ4v) is 2.20. The van der Waals surface area contributed by atoms with Crippen molar-refractivity contribution >= 4 is 0 Å². The quantitative estimate of drug-likeness (QED) is 0.859. The van der Waals surface area contributed by atoms with Crippen molar-refractivity contribution < 1.29 is 9.63 Å². The second-order valence-electron chi connectivity index (χ2n) is 4.62. The lowest BCUT2D eigenvalue weighted by Gasteiger charge is -2.01. The molecular weight excluding hydrogens is 230 g/mol. The Morgan fingerprint density at radius 2 is 2.17 bits per heavy atom. The van der Waals surface area contributed by atoms with Gasteiger partial charge in [-0.3, -0.25) is 0 Å². The maximum Gasteiger partial charge on any atom is 0.227 e. The zero-order valence-corrected chi connectivity index (χ0v) is 9.97. The zero-order valence-electron chi connectivity index (χ0n) is 9.97. The lowest BCUT2D eigenvalue weighted by molar-refractivity contribution is 0.358. The normalized spacial score (nSPS) is 19.2. The largest absolute Gasteiger partial charge is 0.508 e. The van der Waals surface area contributed by atoms with Crippen molar-refractivity contribution in [3.63, 3.8) is 0 Å². The van der Waals surface area contributed by atoms with Crippen LogP contribution in [0, 0.1) is 5.92 Å². The molecule has 3 rings (SSSR count). The number of phenolic OH excluding ortho intramolecular Hbond substituents is 1. The van der Waals surface area contributed by atoms with E-state index in [9.17, 15) is 5.11 Å². The first-order chi connectivity index (χ1) is 8.81. The topological polar surface area (TPSA) is 71.2 Å². The van der Waals surface area contributed by atoms with Gasteiger partial charge in [0, 0.05) is 12.0 Å². The molecule has 1 fully saturated rings. The van der Waals surface area contributed by atoms with Gasteiger partial charge >= 0.3 is 0 Å². The summed E-state index contributed by atoms with van der Waals surface area (Å²) < 4.78 is 5.26. The van der Waals surface area contributed by atoms with Crippen LogP contribution in [0.1, 0.15) is 12.3 Å². The third-order valence-electron chi connectivity index (χ3n) is 3.22. The molecule has 0 saturated carbocycles. The van der Waals surface area contributed by atoms with Crippen LogP contribution in [0.25, 0.3) is 11.4 Å². The summed E-state index contributed by atoms with van der Waals surface area (Å²) in [5.74, 6) is 2.10. The molecule has 1 aromatic carbocycles. The van der Waals surface area contributed by atoms with E-state index in [4.69, 9.17) is 4.52 Å². The van der Waals surface area contributed by atoms with Crippen LogP contribution in [0.3, 0.4) is 0 Å². The lowest BCUT2D eigenvalue weighted by atomic mass is 10.1. The van der Waals surface area contributed by atoms with Crippen molar-refractivity contribution in [2.75, 3.05) is 13.1 Å². The number of aromatic nitrogens is 2. The van der Waals surface area contributed by atoms with E-state index in [-0.39, 0.29) is 5.75 Å². The Morgan fingerprint density at radius 3 is 2.89 bits per heavy atom. The highest BCUT2D eigenvalue weighted by atomic mass is 16.5. The first-order valence-corrected chi connectivity index (χ1v) is 6.14. The average molecular weight is 245 g/mol. The molecule has 0 spiro atoms. The minimum absolute atomic E-state index is 0.236. The van der Waals surface area contributed by atoms with Crippen molar-refractivity contribution in [1.82, 2.24) is 15.5 Å². The van der Waals surface area contributed by atoms with E-state index in [0.29, 0.717) is 17.6 Å². The first-order valence-electron chi connectivity index (χ1n) is 6.14. The molecule has 2 heterocycles. The standard InChI is InChI=1S/C13H15N3O2/c17-11-3-1-10(2-4-11)13-15-12(18-16-13)7-9-5-6-14-8-9/h1-4,9,14,17H,5-8H2. The summed E-state index contributed by atoms with van der Waals surface area (Å²) in [6.07, 6.45) is 2.00. The molecule has 2 aromatic rings. The van der Waals surface area contributed by atoms with E-state index in [1.54, 1.807) is 24.3 Å². The molecule has 1 saturated heterocycles. The smallest absolute Gasteiger partial charge is 0.227 e. The van der Waals surface area contributed by atoms with Crippen LogP contribution < -0.4 is 5.32 Å². The average Bonchev–Trinajstić information content (AvgIpc) is 3.02. The molecule has 0 bridgehead atoms. The molecule has 1 aliphatic heterocycles. The molecule has 5 heteroatoms. The highest BCUT2D eigenvalue weighted by Crippen LogP contribution is 2.20. The molecule has 2 N–H and O–H groups in total. The molecule has 18 heavy (non-hydrogen) atoms. The molecule has 0 aliphatic carbocycles. The molecule has 1 aromatic heterocycles. The second-order valence-corrected chi connectivity index (χ2v) is 4.62. The van der Waals surface area contributed by atoms with Crippen LogP contribution in [0.4, 0.5) is 0 Å². The van der Waals surface area contributed by atoms with Gasteiger partial charge in [0.25, 0.3) is 0 Å². The molecule has 1 atom stereocenters. The maximum atomic E-state index is 9.23. The Kier molecular flexibility index (Phi) is 2.98. The van der Waals surface area contributed by atoms with Crippen molar-refractivity contribution in [2.45, 2.75) is 12.8 Å². The van der Waals surface area contributed by atoms with Crippen molar-refractivity contribution in [3.8, 4) is 17.1 Å². The highest BCUT2D eigenvalue weighted by Gasteiger charge is 2.18. The maximum absolute atomic E-state index is 9.23. The van der Waals surface area contributed by atoms with Gasteiger partial charge in [0.1, 0.15) is 5.75 Å². The molecule has 1 unspecified atom stereocenters. The number of hydrogen-bond donors (Lipinski definition) is 2. The van der Waals surface area contributed by atoms with Crippen molar-refractivity contribution in [3.05, 3.63) is 30.2 Å². The van der Waals surface area contributed by atoms with Gasteiger partial charge in [0.05, 0.1) is 0 Å². The minimum Gasteiger partial charge on any atom is -0.508 e. The van der Waals surface area contributed by atoms with Gasteiger partial charge in [-0.05, 0) is 49.7 Å². The van der Waals surface area contributed by atoms with Crippen molar-refractivity contribution in [1.29, 1.82) is 0 Å². The summed E-state index contributed by atoms with van der Waals surface area (Å²) in [4.78, 5) is 4.39. The number of benzene rings is 1. The fourth-order valence-electron chi connectivity index (χ4n) is 2.20. The van der Waals surface area contributed by atoms with E-state index < -0.39 is 0 Å². The van der Waals surface area contributed by atoms with Crippen LogP contribution >= 0.6 is 0 Å². The van der Waals surface area contributed by atoms with Crippen LogP contribution in [0.5, 0.6) is 5.75 Å². The molecular formula is C13H15N3O2. The van der Waals surface area contributed by atoms with E-state index >= 15 is 0 Å². The van der Waals surface area contributed by atoms with Gasteiger partial charge in [-0.15, -0.1) is 0 Å². The number of phenols is 1. The fraction of sp³-hybridized carbons (Fsp3) is 0.385. The predicted molar refractivity (Wildman–Crippen MR) is 66.1 cm³/mol. The van der Waals surface area contributed by atoms with Crippen molar-refractivity contribution in [2.24, 2.45) is 5.92 Å². The molecule has 5 nitrogen and oxygen atoms in total. The zero-order chi connectivity index (χ0) is 12.4. The van der Waals surface area contributed by atoms with Crippen LogP contribution in [0.2, 0.25) is 0 Å². The van der Waals surface area contributed by atoms with Gasteiger partial charge in [-0.25, -0.2) is 0 Å². The van der Waals surface area contributed by atoms with E-state index in [1.165, 1.54) is 0 Å². The van der Waals surface area contributed by atoms with Crippen LogP contribution in [-0.4, -0.2) is 28.3 Å². The Bertz CT molecular complexity index is 515. The Balaban J connectivity index is 1.74. The van der Waals surface area contributed by atoms with E-state index in [0.717, 1.165) is 31.5 Å². The number of nitrogens with zero attached hydrogens (tertiary/aromatic N) is 2. The van der Waals surface area contributed by atoms with Crippen LogP contribution in [0.15, 0.2) is 28.8 Å². The Morgan fingerprint density at radius 1 is 1.33 bits per heavy atom. The number of hydrogen-bond acceptors (Lipinski definition) is 5. The Labute approximate surface area is 105 Å². The SMILES string of the molecule is Oc1ccc(-c2noc(CC3CCNC3)n2)cc1. The van der Waals surface area contributed by atoms with Gasteiger partial charge in [0.2, 0.25) is 11.7 Å². The minimum atomic E-state index is 0.236. The molecule has 0 radical (unpaired) electrons. The van der Waals surface area contributed by atoms with Gasteiger partial charge in [-0.2, -0.15) is 4.98 Å². The van der Waals surface area contributed by atoms with E-state index in [1.807, 2.05) is 0 Å². The molecule has 1 aliphatic rings. The Hall–Kier alpha value is -1.88. The predicted octanol–water partition coefficient (Wildman–Crippen LogP) is 1.59. The summed E-state index contributed by atoms with van der Waals surface area (Å²) in [7, 11) is 0. The van der Waals surface area contributed by atoms with Gasteiger partial charge < -0.3 is 14.9 Å². The summed E-state index contributed by atoms with van der Waals surface area (Å²) >= 11 is 0. The molecule has 0 amide bonds. The van der Waals surface area contributed by atoms with Gasteiger partial charge in [-0.1, -0.05) is 5.16 Å². The third-order valence-corrected chi connectivity index (χ3v) is 3.22. The first kappa shape index (κ1) is 11.2. The monoisotopic (exact) mass is 245 g/mol. The summed E-state index contributed by atoms with van der Waals surface area (Å²) in [6.45, 7) is 2.10. The summed E-state index contributed by atoms with van der Waals surface area (Å²) in [5.41, 5.74) is 0.854. The van der Waals surface area contributed by atoms with E-state index in [2.05, 4.69) is 15.5 Å².